The summed E-state index contributed by atoms with van der Waals surface area (Å²) < 4.78 is 0. The predicted octanol–water partition coefficient (Wildman–Crippen LogP) is 1.61. The van der Waals surface area contributed by atoms with Crippen LogP contribution < -0.4 is 11.2 Å². The molecule has 0 aliphatic heterocycles. The highest BCUT2D eigenvalue weighted by molar-refractivity contribution is 5.94. The Morgan fingerprint density at radius 1 is 1.50 bits per heavy atom. The number of amides is 1. The van der Waals surface area contributed by atoms with Crippen LogP contribution in [0.25, 0.3) is 0 Å². The Morgan fingerprint density at radius 2 is 2.31 bits per heavy atom. The fourth-order valence-corrected chi connectivity index (χ4v) is 1.38. The topological polar surface area (TPSA) is 64.3 Å². The molecule has 0 radical (unpaired) electrons. The van der Waals surface area contributed by atoms with Crippen LogP contribution in [0.1, 0.15) is 35.7 Å². The lowest BCUT2D eigenvalue weighted by atomic mass is 10.1. The quantitative estimate of drug-likeness (QED) is 0.567. The normalized spacial score (nSPS) is 10.1. The first-order valence-electron chi connectivity index (χ1n) is 5.46. The first kappa shape index (κ1) is 12.7. The highest BCUT2D eigenvalue weighted by Crippen LogP contribution is 2.06. The van der Waals surface area contributed by atoms with E-state index in [1.54, 1.807) is 12.1 Å². The zero-order valence-electron chi connectivity index (χ0n) is 9.53. The molecule has 1 aromatic carbocycles. The molecule has 88 valence electrons. The predicted molar refractivity (Wildman–Crippen MR) is 62.7 cm³/mol. The SMILES string of the molecule is CCCCNC(=O)c1cccc(CON)c1. The molecule has 4 heteroatoms. The van der Waals surface area contributed by atoms with Crippen LogP contribution in [0.15, 0.2) is 24.3 Å². The van der Waals surface area contributed by atoms with E-state index in [-0.39, 0.29) is 5.91 Å². The first-order valence-corrected chi connectivity index (χ1v) is 5.46. The zero-order chi connectivity index (χ0) is 11.8. The van der Waals surface area contributed by atoms with Gasteiger partial charge in [0.25, 0.3) is 5.91 Å². The standard InChI is InChI=1S/C12H18N2O2/c1-2-3-7-14-12(15)11-6-4-5-10(8-11)9-16-13/h4-6,8H,2-3,7,9,13H2,1H3,(H,14,15). The first-order chi connectivity index (χ1) is 7.77. The Balaban J connectivity index is 2.57. The summed E-state index contributed by atoms with van der Waals surface area (Å²) in [5.74, 6) is 4.94. The molecule has 0 aliphatic rings. The van der Waals surface area contributed by atoms with Gasteiger partial charge in [-0.25, -0.2) is 5.90 Å². The molecule has 0 aliphatic carbocycles. The molecule has 1 amide bonds. The van der Waals surface area contributed by atoms with Gasteiger partial charge in [0.2, 0.25) is 0 Å². The Bertz CT molecular complexity index is 340. The van der Waals surface area contributed by atoms with Crippen molar-refractivity contribution >= 4 is 5.91 Å². The molecule has 4 nitrogen and oxygen atoms in total. The molecule has 0 spiro atoms. The van der Waals surface area contributed by atoms with E-state index in [1.165, 1.54) is 0 Å². The van der Waals surface area contributed by atoms with Crippen molar-refractivity contribution in [3.8, 4) is 0 Å². The van der Waals surface area contributed by atoms with E-state index in [1.807, 2.05) is 12.1 Å². The van der Waals surface area contributed by atoms with Crippen LogP contribution in [0, 0.1) is 0 Å². The van der Waals surface area contributed by atoms with Crippen molar-refractivity contribution in [2.45, 2.75) is 26.4 Å². The number of rotatable bonds is 6. The maximum atomic E-state index is 11.7. The number of unbranched alkanes of at least 4 members (excludes halogenated alkanes) is 1. The third-order valence-electron chi connectivity index (χ3n) is 2.26. The molecule has 0 bridgehead atoms. The van der Waals surface area contributed by atoms with Gasteiger partial charge in [0.15, 0.2) is 0 Å². The summed E-state index contributed by atoms with van der Waals surface area (Å²) >= 11 is 0. The number of nitrogens with two attached hydrogens (primary N) is 1. The van der Waals surface area contributed by atoms with Crippen molar-refractivity contribution in [1.29, 1.82) is 0 Å². The minimum Gasteiger partial charge on any atom is -0.352 e. The van der Waals surface area contributed by atoms with Gasteiger partial charge in [-0.15, -0.1) is 0 Å². The second kappa shape index (κ2) is 6.98. The van der Waals surface area contributed by atoms with Crippen LogP contribution in [0.2, 0.25) is 0 Å². The molecule has 0 saturated heterocycles. The molecule has 16 heavy (non-hydrogen) atoms. The average Bonchev–Trinajstić information content (AvgIpc) is 2.30. The Labute approximate surface area is 95.7 Å². The molecule has 0 heterocycles. The van der Waals surface area contributed by atoms with Gasteiger partial charge >= 0.3 is 0 Å². The van der Waals surface area contributed by atoms with Gasteiger partial charge in [-0.05, 0) is 24.1 Å². The Hall–Kier alpha value is -1.39. The molecule has 3 N–H and O–H groups in total. The summed E-state index contributed by atoms with van der Waals surface area (Å²) in [6.45, 7) is 3.12. The highest BCUT2D eigenvalue weighted by atomic mass is 16.6. The lowest BCUT2D eigenvalue weighted by Crippen LogP contribution is -2.24. The maximum Gasteiger partial charge on any atom is 0.251 e. The fraction of sp³-hybridized carbons (Fsp3) is 0.417. The number of benzene rings is 1. The number of carbonyl (C=O) groups excluding carboxylic acids is 1. The lowest BCUT2D eigenvalue weighted by molar-refractivity contribution is 0.0952. The molecular weight excluding hydrogens is 204 g/mol. The summed E-state index contributed by atoms with van der Waals surface area (Å²) in [6, 6.07) is 7.26. The third kappa shape index (κ3) is 4.00. The van der Waals surface area contributed by atoms with Crippen LogP contribution >= 0.6 is 0 Å². The number of hydrogen-bond donors (Lipinski definition) is 2. The van der Waals surface area contributed by atoms with E-state index in [9.17, 15) is 4.79 Å². The van der Waals surface area contributed by atoms with Gasteiger partial charge in [0.1, 0.15) is 0 Å². The molecule has 1 aromatic rings. The number of hydrogen-bond acceptors (Lipinski definition) is 3. The maximum absolute atomic E-state index is 11.7. The van der Waals surface area contributed by atoms with E-state index in [4.69, 9.17) is 5.90 Å². The van der Waals surface area contributed by atoms with E-state index in [0.717, 1.165) is 18.4 Å². The molecule has 0 aromatic heterocycles. The zero-order valence-corrected chi connectivity index (χ0v) is 9.53. The molecule has 1 rings (SSSR count). The van der Waals surface area contributed by atoms with E-state index in [2.05, 4.69) is 17.1 Å². The van der Waals surface area contributed by atoms with Crippen LogP contribution in [0.3, 0.4) is 0 Å². The summed E-state index contributed by atoms with van der Waals surface area (Å²) in [7, 11) is 0. The molecule has 0 unspecified atom stereocenters. The minimum atomic E-state index is -0.0488. The largest absolute Gasteiger partial charge is 0.352 e. The second-order valence-electron chi connectivity index (χ2n) is 3.62. The van der Waals surface area contributed by atoms with Crippen molar-refractivity contribution in [1.82, 2.24) is 5.32 Å². The highest BCUT2D eigenvalue weighted by Gasteiger charge is 2.04. The van der Waals surface area contributed by atoms with Gasteiger partial charge < -0.3 is 5.32 Å². The van der Waals surface area contributed by atoms with E-state index >= 15 is 0 Å². The third-order valence-corrected chi connectivity index (χ3v) is 2.26. The molecular formula is C12H18N2O2. The van der Waals surface area contributed by atoms with Gasteiger partial charge in [-0.2, -0.15) is 0 Å². The minimum absolute atomic E-state index is 0.0488. The fourth-order valence-electron chi connectivity index (χ4n) is 1.38. The summed E-state index contributed by atoms with van der Waals surface area (Å²) in [5.41, 5.74) is 1.54. The van der Waals surface area contributed by atoms with Gasteiger partial charge in [-0.1, -0.05) is 25.5 Å². The summed E-state index contributed by atoms with van der Waals surface area (Å²) in [5, 5.41) is 2.86. The van der Waals surface area contributed by atoms with Crippen LogP contribution in [-0.4, -0.2) is 12.5 Å². The van der Waals surface area contributed by atoms with Crippen LogP contribution in [0.5, 0.6) is 0 Å². The monoisotopic (exact) mass is 222 g/mol. The Morgan fingerprint density at radius 3 is 3.00 bits per heavy atom. The van der Waals surface area contributed by atoms with Crippen molar-refractivity contribution in [2.75, 3.05) is 6.54 Å². The van der Waals surface area contributed by atoms with Crippen molar-refractivity contribution < 1.29 is 9.63 Å². The Kier molecular flexibility index (Phi) is 5.53. The second-order valence-corrected chi connectivity index (χ2v) is 3.62. The summed E-state index contributed by atoms with van der Waals surface area (Å²) in [6.07, 6.45) is 2.07. The summed E-state index contributed by atoms with van der Waals surface area (Å²) in [4.78, 5) is 16.2. The van der Waals surface area contributed by atoms with E-state index in [0.29, 0.717) is 18.7 Å². The van der Waals surface area contributed by atoms with E-state index < -0.39 is 0 Å². The molecule has 0 saturated carbocycles. The van der Waals surface area contributed by atoms with Gasteiger partial charge in [-0.3, -0.25) is 9.63 Å². The van der Waals surface area contributed by atoms with Crippen LogP contribution in [0.4, 0.5) is 0 Å². The number of nitrogens with one attached hydrogen (secondary N) is 1. The van der Waals surface area contributed by atoms with Crippen molar-refractivity contribution in [3.05, 3.63) is 35.4 Å². The molecule has 0 atom stereocenters. The van der Waals surface area contributed by atoms with Crippen molar-refractivity contribution in [2.24, 2.45) is 5.90 Å². The molecule has 0 fully saturated rings. The van der Waals surface area contributed by atoms with Crippen molar-refractivity contribution in [3.63, 3.8) is 0 Å². The lowest BCUT2D eigenvalue weighted by Gasteiger charge is -2.05. The van der Waals surface area contributed by atoms with Crippen LogP contribution in [-0.2, 0) is 11.4 Å². The van der Waals surface area contributed by atoms with Gasteiger partial charge in [0, 0.05) is 12.1 Å². The number of carbonyl (C=O) groups is 1. The smallest absolute Gasteiger partial charge is 0.251 e. The average molecular weight is 222 g/mol. The van der Waals surface area contributed by atoms with Gasteiger partial charge in [0.05, 0.1) is 6.61 Å².